The molecule has 0 spiro atoms. The number of hydrogen-bond acceptors (Lipinski definition) is 1. The Kier molecular flexibility index (Phi) is 3.52. The predicted octanol–water partition coefficient (Wildman–Crippen LogP) is 3.33. The Labute approximate surface area is 80.5 Å². The minimum absolute atomic E-state index is 0.530. The van der Waals surface area contributed by atoms with Crippen LogP contribution in [0.5, 0.6) is 0 Å². The van der Waals surface area contributed by atoms with E-state index in [9.17, 15) is 13.2 Å². The maximum Gasteiger partial charge on any atom is 0.411 e. The summed E-state index contributed by atoms with van der Waals surface area (Å²) in [6.07, 6.45) is -4.79. The summed E-state index contributed by atoms with van der Waals surface area (Å²) >= 11 is 0. The summed E-state index contributed by atoms with van der Waals surface area (Å²) in [6.45, 7) is 0.393. The molecule has 14 heavy (non-hydrogen) atoms. The Morgan fingerprint density at radius 3 is 2.29 bits per heavy atom. The van der Waals surface area contributed by atoms with Crippen LogP contribution in [0.3, 0.4) is 0 Å². The van der Waals surface area contributed by atoms with E-state index in [1.165, 1.54) is 0 Å². The first-order valence-electron chi connectivity index (χ1n) is 4.22. The molecule has 0 N–H and O–H groups in total. The Balaban J connectivity index is 2.48. The minimum Gasteiger partial charge on any atom is -0.364 e. The largest absolute Gasteiger partial charge is 0.411 e. The molecular formula is C10H11F3O. The van der Waals surface area contributed by atoms with Crippen molar-refractivity contribution in [2.24, 2.45) is 0 Å². The van der Waals surface area contributed by atoms with Gasteiger partial charge < -0.3 is 4.74 Å². The van der Waals surface area contributed by atoms with Crippen molar-refractivity contribution in [3.8, 4) is 0 Å². The summed E-state index contributed by atoms with van der Waals surface area (Å²) < 4.78 is 40.1. The summed E-state index contributed by atoms with van der Waals surface area (Å²) in [6, 6.07) is 8.81. The van der Waals surface area contributed by atoms with Crippen LogP contribution in [0.25, 0.3) is 0 Å². The molecule has 0 amide bonds. The van der Waals surface area contributed by atoms with Crippen LogP contribution in [0.4, 0.5) is 13.2 Å². The van der Waals surface area contributed by atoms with E-state index in [1.54, 1.807) is 37.3 Å². The van der Waals surface area contributed by atoms with Crippen molar-refractivity contribution in [3.63, 3.8) is 0 Å². The maximum absolute atomic E-state index is 11.8. The van der Waals surface area contributed by atoms with Gasteiger partial charge in [-0.15, -0.1) is 0 Å². The molecule has 0 radical (unpaired) electrons. The van der Waals surface area contributed by atoms with E-state index < -0.39 is 18.9 Å². The first-order chi connectivity index (χ1) is 6.49. The maximum atomic E-state index is 11.8. The fourth-order valence-corrected chi connectivity index (χ4v) is 1.04. The highest BCUT2D eigenvalue weighted by molar-refractivity contribution is 5.16. The SMILES string of the molecule is CC(OCC(F)(F)F)c1ccccc1. The predicted molar refractivity (Wildman–Crippen MR) is 46.9 cm³/mol. The average Bonchev–Trinajstić information content (AvgIpc) is 2.14. The fraction of sp³-hybridized carbons (Fsp3) is 0.400. The highest BCUT2D eigenvalue weighted by Gasteiger charge is 2.28. The number of alkyl halides is 3. The average molecular weight is 204 g/mol. The van der Waals surface area contributed by atoms with E-state index in [4.69, 9.17) is 0 Å². The second kappa shape index (κ2) is 4.46. The molecule has 0 aliphatic heterocycles. The molecule has 1 aromatic carbocycles. The molecule has 0 saturated heterocycles. The van der Waals surface area contributed by atoms with E-state index >= 15 is 0 Å². The molecule has 78 valence electrons. The summed E-state index contributed by atoms with van der Waals surface area (Å²) in [7, 11) is 0. The number of benzene rings is 1. The Hall–Kier alpha value is -1.03. The second-order valence-electron chi connectivity index (χ2n) is 2.98. The van der Waals surface area contributed by atoms with Crippen molar-refractivity contribution >= 4 is 0 Å². The molecule has 0 fully saturated rings. The zero-order valence-electron chi connectivity index (χ0n) is 7.71. The van der Waals surface area contributed by atoms with Crippen LogP contribution in [0.2, 0.25) is 0 Å². The Bertz CT molecular complexity index is 268. The lowest BCUT2D eigenvalue weighted by Crippen LogP contribution is -2.18. The zero-order valence-corrected chi connectivity index (χ0v) is 7.71. The number of rotatable bonds is 3. The molecule has 4 heteroatoms. The van der Waals surface area contributed by atoms with Crippen LogP contribution in [0, 0.1) is 0 Å². The normalized spacial score (nSPS) is 14.0. The van der Waals surface area contributed by atoms with Crippen molar-refractivity contribution in [1.29, 1.82) is 0 Å². The summed E-state index contributed by atoms with van der Waals surface area (Å²) in [4.78, 5) is 0. The molecule has 1 nitrogen and oxygen atoms in total. The smallest absolute Gasteiger partial charge is 0.364 e. The Morgan fingerprint density at radius 1 is 1.21 bits per heavy atom. The quantitative estimate of drug-likeness (QED) is 0.733. The van der Waals surface area contributed by atoms with E-state index in [0.717, 1.165) is 5.56 Å². The summed E-state index contributed by atoms with van der Waals surface area (Å²) in [5.41, 5.74) is 0.747. The molecule has 0 aliphatic rings. The molecule has 1 unspecified atom stereocenters. The van der Waals surface area contributed by atoms with Crippen LogP contribution < -0.4 is 0 Å². The fourth-order valence-electron chi connectivity index (χ4n) is 1.04. The third-order valence-electron chi connectivity index (χ3n) is 1.77. The van der Waals surface area contributed by atoms with Crippen molar-refractivity contribution < 1.29 is 17.9 Å². The molecule has 0 heterocycles. The molecule has 0 aromatic heterocycles. The van der Waals surface area contributed by atoms with Gasteiger partial charge >= 0.3 is 6.18 Å². The topological polar surface area (TPSA) is 9.23 Å². The lowest BCUT2D eigenvalue weighted by atomic mass is 10.1. The first kappa shape index (κ1) is 11.0. The molecule has 0 bridgehead atoms. The molecular weight excluding hydrogens is 193 g/mol. The molecule has 0 aliphatic carbocycles. The van der Waals surface area contributed by atoms with Crippen molar-refractivity contribution in [2.45, 2.75) is 19.2 Å². The number of halogens is 3. The Morgan fingerprint density at radius 2 is 1.79 bits per heavy atom. The minimum atomic E-state index is -4.26. The van der Waals surface area contributed by atoms with Crippen LogP contribution >= 0.6 is 0 Å². The van der Waals surface area contributed by atoms with Gasteiger partial charge in [0.1, 0.15) is 6.61 Å². The molecule has 0 saturated carbocycles. The van der Waals surface area contributed by atoms with Crippen molar-refractivity contribution in [2.75, 3.05) is 6.61 Å². The molecule has 1 aromatic rings. The van der Waals surface area contributed by atoms with Gasteiger partial charge in [0.25, 0.3) is 0 Å². The molecule has 1 rings (SSSR count). The second-order valence-corrected chi connectivity index (χ2v) is 2.98. The van der Waals surface area contributed by atoms with E-state index in [0.29, 0.717) is 0 Å². The van der Waals surface area contributed by atoms with Gasteiger partial charge in [-0.25, -0.2) is 0 Å². The third-order valence-corrected chi connectivity index (χ3v) is 1.77. The van der Waals surface area contributed by atoms with Gasteiger partial charge in [-0.2, -0.15) is 13.2 Å². The van der Waals surface area contributed by atoms with Crippen molar-refractivity contribution in [3.05, 3.63) is 35.9 Å². The highest BCUT2D eigenvalue weighted by atomic mass is 19.4. The monoisotopic (exact) mass is 204 g/mol. The highest BCUT2D eigenvalue weighted by Crippen LogP contribution is 2.21. The standard InChI is InChI=1S/C10H11F3O/c1-8(14-7-10(11,12)13)9-5-3-2-4-6-9/h2-6,8H,7H2,1H3. The van der Waals surface area contributed by atoms with Gasteiger partial charge in [0.2, 0.25) is 0 Å². The van der Waals surface area contributed by atoms with Gasteiger partial charge in [-0.1, -0.05) is 30.3 Å². The van der Waals surface area contributed by atoms with Crippen LogP contribution in [-0.4, -0.2) is 12.8 Å². The van der Waals surface area contributed by atoms with Gasteiger partial charge in [0.15, 0.2) is 0 Å². The summed E-state index contributed by atoms with van der Waals surface area (Å²) in [5, 5.41) is 0. The zero-order chi connectivity index (χ0) is 10.6. The number of ether oxygens (including phenoxy) is 1. The van der Waals surface area contributed by atoms with Crippen LogP contribution in [-0.2, 0) is 4.74 Å². The number of hydrogen-bond donors (Lipinski definition) is 0. The van der Waals surface area contributed by atoms with Gasteiger partial charge in [0, 0.05) is 0 Å². The van der Waals surface area contributed by atoms with Gasteiger partial charge in [-0.3, -0.25) is 0 Å². The van der Waals surface area contributed by atoms with E-state index in [1.807, 2.05) is 0 Å². The van der Waals surface area contributed by atoms with Gasteiger partial charge in [-0.05, 0) is 12.5 Å². The lowest BCUT2D eigenvalue weighted by molar-refractivity contribution is -0.184. The van der Waals surface area contributed by atoms with Crippen LogP contribution in [0.1, 0.15) is 18.6 Å². The van der Waals surface area contributed by atoms with E-state index in [-0.39, 0.29) is 0 Å². The van der Waals surface area contributed by atoms with E-state index in [2.05, 4.69) is 4.74 Å². The van der Waals surface area contributed by atoms with Crippen LogP contribution in [0.15, 0.2) is 30.3 Å². The van der Waals surface area contributed by atoms with Gasteiger partial charge in [0.05, 0.1) is 6.10 Å². The molecule has 1 atom stereocenters. The van der Waals surface area contributed by atoms with Crippen molar-refractivity contribution in [1.82, 2.24) is 0 Å². The lowest BCUT2D eigenvalue weighted by Gasteiger charge is -2.14. The summed E-state index contributed by atoms with van der Waals surface area (Å²) in [5.74, 6) is 0. The first-order valence-corrected chi connectivity index (χ1v) is 4.22. The third kappa shape index (κ3) is 3.79.